The zero-order valence-corrected chi connectivity index (χ0v) is 10.7. The number of fused-ring (bicyclic) bond motifs is 1. The number of benzene rings is 1. The first-order chi connectivity index (χ1) is 9.65. The number of carbonyl (C=O) groups is 1. The van der Waals surface area contributed by atoms with Crippen molar-refractivity contribution in [1.29, 1.82) is 0 Å². The molecule has 2 heterocycles. The van der Waals surface area contributed by atoms with Gasteiger partial charge in [-0.1, -0.05) is 6.07 Å². The van der Waals surface area contributed by atoms with Gasteiger partial charge in [0.05, 0.1) is 5.56 Å². The molecule has 20 heavy (non-hydrogen) atoms. The summed E-state index contributed by atoms with van der Waals surface area (Å²) in [6.07, 6.45) is 3.80. The van der Waals surface area contributed by atoms with Crippen LogP contribution in [-0.2, 0) is 13.0 Å². The fraction of sp³-hybridized carbons (Fsp3) is 0.214. The summed E-state index contributed by atoms with van der Waals surface area (Å²) in [5.74, 6) is -0.570. The van der Waals surface area contributed by atoms with Crippen LogP contribution < -0.4 is 10.5 Å². The summed E-state index contributed by atoms with van der Waals surface area (Å²) in [6, 6.07) is 5.13. The molecule has 1 aliphatic heterocycles. The minimum atomic E-state index is -0.944. The number of nitrogens with zero attached hydrogens (tertiary/aromatic N) is 2. The molecule has 0 amide bonds. The molecule has 2 N–H and O–H groups in total. The van der Waals surface area contributed by atoms with E-state index < -0.39 is 5.97 Å². The number of anilines is 1. The first-order valence-electron chi connectivity index (χ1n) is 6.29. The van der Waals surface area contributed by atoms with E-state index in [0.717, 1.165) is 17.5 Å². The molecule has 3 rings (SSSR count). The molecule has 6 nitrogen and oxygen atoms in total. The normalized spacial score (nSPS) is 13.9. The molecule has 0 saturated carbocycles. The number of aromatic carboxylic acids is 1. The number of nitrogens with one attached hydrogen (secondary N) is 1. The third-order valence-corrected chi connectivity index (χ3v) is 3.45. The van der Waals surface area contributed by atoms with Gasteiger partial charge in [0.2, 0.25) is 0 Å². The van der Waals surface area contributed by atoms with Crippen molar-refractivity contribution in [1.82, 2.24) is 9.97 Å². The Morgan fingerprint density at radius 3 is 2.95 bits per heavy atom. The summed E-state index contributed by atoms with van der Waals surface area (Å²) < 4.78 is 0. The third-order valence-electron chi connectivity index (χ3n) is 3.45. The number of hydrogen-bond donors (Lipinski definition) is 2. The first-order valence-corrected chi connectivity index (χ1v) is 6.29. The van der Waals surface area contributed by atoms with Crippen LogP contribution in [0.1, 0.15) is 21.5 Å². The van der Waals surface area contributed by atoms with Gasteiger partial charge in [-0.2, -0.15) is 0 Å². The predicted molar refractivity (Wildman–Crippen MR) is 73.0 cm³/mol. The number of aromatic amines is 1. The van der Waals surface area contributed by atoms with Gasteiger partial charge in [-0.15, -0.1) is 0 Å². The van der Waals surface area contributed by atoms with E-state index in [2.05, 4.69) is 9.97 Å². The molecule has 0 unspecified atom stereocenters. The zero-order valence-electron chi connectivity index (χ0n) is 10.7. The van der Waals surface area contributed by atoms with Crippen molar-refractivity contribution in [3.63, 3.8) is 0 Å². The lowest BCUT2D eigenvalue weighted by atomic mass is 9.97. The highest BCUT2D eigenvalue weighted by atomic mass is 16.4. The molecular formula is C14H13N3O3. The molecule has 0 atom stereocenters. The second-order valence-electron chi connectivity index (χ2n) is 4.70. The second kappa shape index (κ2) is 4.80. The van der Waals surface area contributed by atoms with Gasteiger partial charge in [0.1, 0.15) is 0 Å². The van der Waals surface area contributed by atoms with E-state index in [1.807, 2.05) is 11.0 Å². The van der Waals surface area contributed by atoms with Gasteiger partial charge < -0.3 is 15.0 Å². The van der Waals surface area contributed by atoms with Crippen molar-refractivity contribution in [3.8, 4) is 0 Å². The Hall–Kier alpha value is -2.63. The lowest BCUT2D eigenvalue weighted by Gasteiger charge is -2.29. The van der Waals surface area contributed by atoms with E-state index in [1.54, 1.807) is 18.3 Å². The second-order valence-corrected chi connectivity index (χ2v) is 4.70. The van der Waals surface area contributed by atoms with Gasteiger partial charge in [0.25, 0.3) is 5.56 Å². The Morgan fingerprint density at radius 2 is 2.20 bits per heavy atom. The number of hydrogen-bond acceptors (Lipinski definition) is 4. The average Bonchev–Trinajstić information content (AvgIpc) is 2.46. The van der Waals surface area contributed by atoms with Crippen LogP contribution in [0.25, 0.3) is 0 Å². The Kier molecular flexibility index (Phi) is 2.98. The molecule has 6 heteroatoms. The van der Waals surface area contributed by atoms with Gasteiger partial charge >= 0.3 is 5.97 Å². The largest absolute Gasteiger partial charge is 0.478 e. The van der Waals surface area contributed by atoms with E-state index in [4.69, 9.17) is 5.11 Å². The van der Waals surface area contributed by atoms with E-state index in [0.29, 0.717) is 18.9 Å². The summed E-state index contributed by atoms with van der Waals surface area (Å²) in [4.78, 5) is 31.3. The van der Waals surface area contributed by atoms with Crippen molar-refractivity contribution in [2.24, 2.45) is 0 Å². The van der Waals surface area contributed by atoms with Crippen molar-refractivity contribution < 1.29 is 9.90 Å². The summed E-state index contributed by atoms with van der Waals surface area (Å²) in [5.41, 5.74) is 2.09. The Balaban J connectivity index is 1.95. The maximum Gasteiger partial charge on any atom is 0.335 e. The smallest absolute Gasteiger partial charge is 0.335 e. The molecule has 1 aromatic heterocycles. The standard InChI is InChI=1S/C14H13N3O3/c18-13-12(15-4-5-16-13)17-6-3-9-1-2-10(14(19)20)7-11(9)8-17/h1-2,4-5,7H,3,6,8H2,(H,16,18)(H,19,20). The highest BCUT2D eigenvalue weighted by Gasteiger charge is 2.20. The highest BCUT2D eigenvalue weighted by molar-refractivity contribution is 5.88. The number of carboxylic acid groups (broad SMARTS) is 1. The third kappa shape index (κ3) is 2.16. The monoisotopic (exact) mass is 271 g/mol. The lowest BCUT2D eigenvalue weighted by Crippen LogP contribution is -2.35. The highest BCUT2D eigenvalue weighted by Crippen LogP contribution is 2.22. The molecule has 0 aliphatic carbocycles. The molecule has 0 bridgehead atoms. The van der Waals surface area contributed by atoms with Crippen LogP contribution in [0.2, 0.25) is 0 Å². The van der Waals surface area contributed by atoms with Crippen molar-refractivity contribution in [3.05, 3.63) is 57.6 Å². The first kappa shape index (κ1) is 12.4. The van der Waals surface area contributed by atoms with Gasteiger partial charge in [-0.05, 0) is 29.7 Å². The fourth-order valence-electron chi connectivity index (χ4n) is 2.44. The Bertz CT molecular complexity index is 724. The molecule has 102 valence electrons. The predicted octanol–water partition coefficient (Wildman–Crippen LogP) is 1.03. The lowest BCUT2D eigenvalue weighted by molar-refractivity contribution is 0.0696. The van der Waals surface area contributed by atoms with Gasteiger partial charge in [-0.25, -0.2) is 9.78 Å². The molecule has 0 saturated heterocycles. The minimum absolute atomic E-state index is 0.231. The summed E-state index contributed by atoms with van der Waals surface area (Å²) in [7, 11) is 0. The number of rotatable bonds is 2. The zero-order chi connectivity index (χ0) is 14.1. The summed E-state index contributed by atoms with van der Waals surface area (Å²) in [6.45, 7) is 1.19. The fourth-order valence-corrected chi connectivity index (χ4v) is 2.44. The van der Waals surface area contributed by atoms with Crippen molar-refractivity contribution in [2.75, 3.05) is 11.4 Å². The summed E-state index contributed by atoms with van der Waals surface area (Å²) in [5, 5.41) is 9.03. The van der Waals surface area contributed by atoms with Crippen LogP contribution in [-0.4, -0.2) is 27.6 Å². The van der Waals surface area contributed by atoms with Gasteiger partial charge in [-0.3, -0.25) is 4.79 Å². The van der Waals surface area contributed by atoms with Crippen molar-refractivity contribution in [2.45, 2.75) is 13.0 Å². The topological polar surface area (TPSA) is 86.3 Å². The van der Waals surface area contributed by atoms with Crippen LogP contribution in [0, 0.1) is 0 Å². The molecular weight excluding hydrogens is 258 g/mol. The number of H-pyrrole nitrogens is 1. The quantitative estimate of drug-likeness (QED) is 0.852. The molecule has 0 fully saturated rings. The van der Waals surface area contributed by atoms with Crippen molar-refractivity contribution >= 4 is 11.8 Å². The van der Waals surface area contributed by atoms with E-state index in [-0.39, 0.29) is 11.1 Å². The number of aromatic nitrogens is 2. The average molecular weight is 271 g/mol. The maximum atomic E-state index is 11.8. The van der Waals surface area contributed by atoms with Crippen LogP contribution in [0.4, 0.5) is 5.82 Å². The van der Waals surface area contributed by atoms with Gasteiger partial charge in [0.15, 0.2) is 5.82 Å². The number of carboxylic acids is 1. The van der Waals surface area contributed by atoms with Crippen LogP contribution >= 0.6 is 0 Å². The van der Waals surface area contributed by atoms with Crippen LogP contribution in [0.5, 0.6) is 0 Å². The molecule has 0 spiro atoms. The molecule has 0 radical (unpaired) electrons. The SMILES string of the molecule is O=C(O)c1ccc2c(c1)CN(c1ncc[nH]c1=O)CC2. The van der Waals surface area contributed by atoms with Gasteiger partial charge in [0, 0.05) is 25.5 Å². The van der Waals surface area contributed by atoms with E-state index in [9.17, 15) is 9.59 Å². The molecule has 1 aliphatic rings. The van der Waals surface area contributed by atoms with E-state index in [1.165, 1.54) is 6.20 Å². The van der Waals surface area contributed by atoms with Crippen LogP contribution in [0.3, 0.4) is 0 Å². The maximum absolute atomic E-state index is 11.8. The Labute approximate surface area is 114 Å². The minimum Gasteiger partial charge on any atom is -0.478 e. The van der Waals surface area contributed by atoms with Crippen LogP contribution in [0.15, 0.2) is 35.4 Å². The molecule has 2 aromatic rings. The summed E-state index contributed by atoms with van der Waals surface area (Å²) >= 11 is 0. The van der Waals surface area contributed by atoms with E-state index >= 15 is 0 Å². The molecule has 1 aromatic carbocycles. The Morgan fingerprint density at radius 1 is 1.35 bits per heavy atom.